The van der Waals surface area contributed by atoms with Crippen LogP contribution in [-0.2, 0) is 15.6 Å². The first-order chi connectivity index (χ1) is 10.2. The van der Waals surface area contributed by atoms with E-state index in [4.69, 9.17) is 9.16 Å². The highest BCUT2D eigenvalue weighted by Gasteiger charge is 2.38. The van der Waals surface area contributed by atoms with Crippen molar-refractivity contribution in [2.75, 3.05) is 20.3 Å². The summed E-state index contributed by atoms with van der Waals surface area (Å²) >= 11 is 0. The molecule has 22 heavy (non-hydrogen) atoms. The van der Waals surface area contributed by atoms with E-state index in [0.29, 0.717) is 12.6 Å². The van der Waals surface area contributed by atoms with Crippen LogP contribution in [0.5, 0.6) is 0 Å². The van der Waals surface area contributed by atoms with Gasteiger partial charge in [-0.05, 0) is 35.7 Å². The molecule has 4 heteroatoms. The van der Waals surface area contributed by atoms with Gasteiger partial charge in [-0.25, -0.2) is 0 Å². The molecule has 0 saturated heterocycles. The molecule has 0 aliphatic carbocycles. The maximum absolute atomic E-state index is 6.41. The molecule has 0 fully saturated rings. The van der Waals surface area contributed by atoms with E-state index in [1.54, 1.807) is 7.11 Å². The molecule has 0 bridgehead atoms. The van der Waals surface area contributed by atoms with Gasteiger partial charge in [-0.3, -0.25) is 0 Å². The summed E-state index contributed by atoms with van der Waals surface area (Å²) in [4.78, 5) is 0. The second kappa shape index (κ2) is 6.83. The molecule has 0 saturated carbocycles. The van der Waals surface area contributed by atoms with E-state index in [9.17, 15) is 0 Å². The fourth-order valence-electron chi connectivity index (χ4n) is 2.70. The second-order valence-corrected chi connectivity index (χ2v) is 12.7. The van der Waals surface area contributed by atoms with E-state index in [0.717, 1.165) is 13.0 Å². The number of ether oxygens (including phenoxy) is 1. The third kappa shape index (κ3) is 3.99. The summed E-state index contributed by atoms with van der Waals surface area (Å²) < 4.78 is 11.8. The molecular weight excluding hydrogens is 290 g/mol. The lowest BCUT2D eigenvalue weighted by Gasteiger charge is -2.39. The van der Waals surface area contributed by atoms with E-state index in [1.807, 2.05) is 0 Å². The molecule has 0 spiro atoms. The summed E-state index contributed by atoms with van der Waals surface area (Å²) in [6.45, 7) is 13.0. The van der Waals surface area contributed by atoms with Crippen LogP contribution in [0.1, 0.15) is 37.9 Å². The summed E-state index contributed by atoms with van der Waals surface area (Å²) in [7, 11) is 0.0717. The fraction of sp³-hybridized carbons (Fsp3) is 0.667. The molecule has 0 aromatic heterocycles. The van der Waals surface area contributed by atoms with Gasteiger partial charge in [0.1, 0.15) is 0 Å². The first kappa shape index (κ1) is 17.7. The molecule has 1 aliphatic rings. The highest BCUT2D eigenvalue weighted by molar-refractivity contribution is 6.74. The maximum atomic E-state index is 6.41. The Balaban J connectivity index is 2.06. The Labute approximate surface area is 136 Å². The standard InChI is InChI=1S/C18H31NO2Si/c1-18(2,3)22(5,6)21-12-15-11-14-9-7-8-10-16(14)17(19-15)13-20-4/h7-10,15,17,19H,11-13H2,1-6H3/t15-,17+/m0/s1. The Hall–Kier alpha value is -0.683. The molecule has 2 rings (SSSR count). The van der Waals surface area contributed by atoms with E-state index in [1.165, 1.54) is 11.1 Å². The Bertz CT molecular complexity index is 496. The first-order valence-corrected chi connectivity index (χ1v) is 11.1. The predicted molar refractivity (Wildman–Crippen MR) is 94.8 cm³/mol. The summed E-state index contributed by atoms with van der Waals surface area (Å²) in [6, 6.07) is 9.30. The van der Waals surface area contributed by atoms with Gasteiger partial charge >= 0.3 is 0 Å². The molecule has 1 heterocycles. The largest absolute Gasteiger partial charge is 0.415 e. The molecule has 1 aromatic carbocycles. The highest BCUT2D eigenvalue weighted by Crippen LogP contribution is 2.37. The topological polar surface area (TPSA) is 30.5 Å². The van der Waals surface area contributed by atoms with Crippen molar-refractivity contribution < 1.29 is 9.16 Å². The summed E-state index contributed by atoms with van der Waals surface area (Å²) in [5.41, 5.74) is 2.79. The maximum Gasteiger partial charge on any atom is 0.192 e. The third-order valence-electron chi connectivity index (χ3n) is 5.12. The first-order valence-electron chi connectivity index (χ1n) is 8.21. The van der Waals surface area contributed by atoms with Crippen molar-refractivity contribution in [3.63, 3.8) is 0 Å². The third-order valence-corrected chi connectivity index (χ3v) is 9.62. The number of benzene rings is 1. The minimum absolute atomic E-state index is 0.255. The number of hydrogen-bond acceptors (Lipinski definition) is 3. The highest BCUT2D eigenvalue weighted by atomic mass is 28.4. The zero-order valence-corrected chi connectivity index (χ0v) is 15.9. The van der Waals surface area contributed by atoms with Crippen molar-refractivity contribution in [1.29, 1.82) is 0 Å². The smallest absolute Gasteiger partial charge is 0.192 e. The normalized spacial score (nSPS) is 22.5. The zero-order chi connectivity index (χ0) is 16.4. The second-order valence-electron chi connectivity index (χ2n) is 7.85. The Morgan fingerprint density at radius 3 is 2.50 bits per heavy atom. The Kier molecular flexibility index (Phi) is 5.48. The Morgan fingerprint density at radius 2 is 1.86 bits per heavy atom. The summed E-state index contributed by atoms with van der Waals surface area (Å²) in [6.07, 6.45) is 1.03. The zero-order valence-electron chi connectivity index (χ0n) is 14.9. The number of hydrogen-bond donors (Lipinski definition) is 1. The molecule has 0 radical (unpaired) electrons. The van der Waals surface area contributed by atoms with Crippen LogP contribution in [0.15, 0.2) is 24.3 Å². The van der Waals surface area contributed by atoms with Gasteiger partial charge in [-0.2, -0.15) is 0 Å². The number of methoxy groups -OCH3 is 1. The van der Waals surface area contributed by atoms with Gasteiger partial charge in [0.05, 0.1) is 12.6 Å². The Morgan fingerprint density at radius 1 is 1.18 bits per heavy atom. The average Bonchev–Trinajstić information content (AvgIpc) is 2.44. The van der Waals surface area contributed by atoms with Crippen molar-refractivity contribution >= 4 is 8.32 Å². The van der Waals surface area contributed by atoms with E-state index >= 15 is 0 Å². The predicted octanol–water partition coefficient (Wildman–Crippen LogP) is 3.91. The number of nitrogens with one attached hydrogen (secondary N) is 1. The lowest BCUT2D eigenvalue weighted by molar-refractivity contribution is 0.143. The molecule has 2 atom stereocenters. The molecule has 0 amide bonds. The van der Waals surface area contributed by atoms with Crippen molar-refractivity contribution in [2.24, 2.45) is 0 Å². The molecule has 3 nitrogen and oxygen atoms in total. The summed E-state index contributed by atoms with van der Waals surface area (Å²) in [5.74, 6) is 0. The quantitative estimate of drug-likeness (QED) is 0.834. The SMILES string of the molecule is COC[C@H]1N[C@H](CO[Si](C)(C)C(C)(C)C)Cc2ccccc21. The van der Waals surface area contributed by atoms with Gasteiger partial charge in [-0.15, -0.1) is 0 Å². The van der Waals surface area contributed by atoms with Gasteiger partial charge in [0.25, 0.3) is 0 Å². The molecule has 1 N–H and O–H groups in total. The number of fused-ring (bicyclic) bond motifs is 1. The summed E-state index contributed by atoms with van der Waals surface area (Å²) in [5, 5.41) is 3.96. The van der Waals surface area contributed by atoms with Crippen molar-refractivity contribution in [1.82, 2.24) is 5.32 Å². The molecular formula is C18H31NO2Si. The minimum Gasteiger partial charge on any atom is -0.415 e. The van der Waals surface area contributed by atoms with Crippen molar-refractivity contribution in [3.05, 3.63) is 35.4 Å². The van der Waals surface area contributed by atoms with Crippen LogP contribution < -0.4 is 5.32 Å². The van der Waals surface area contributed by atoms with Gasteiger partial charge in [0.15, 0.2) is 8.32 Å². The molecule has 0 unspecified atom stereocenters. The van der Waals surface area contributed by atoms with Crippen LogP contribution in [0, 0.1) is 0 Å². The lowest BCUT2D eigenvalue weighted by Crippen LogP contribution is -2.48. The molecule has 124 valence electrons. The van der Waals surface area contributed by atoms with Crippen molar-refractivity contribution in [3.8, 4) is 0 Å². The van der Waals surface area contributed by atoms with Crippen LogP contribution in [0.25, 0.3) is 0 Å². The van der Waals surface area contributed by atoms with Gasteiger partial charge in [0, 0.05) is 19.8 Å². The fourth-order valence-corrected chi connectivity index (χ4v) is 3.75. The number of rotatable bonds is 5. The average molecular weight is 322 g/mol. The van der Waals surface area contributed by atoms with Gasteiger partial charge in [0.2, 0.25) is 0 Å². The van der Waals surface area contributed by atoms with Crippen LogP contribution in [-0.4, -0.2) is 34.7 Å². The molecule has 1 aromatic rings. The van der Waals surface area contributed by atoms with E-state index in [-0.39, 0.29) is 11.1 Å². The van der Waals surface area contributed by atoms with Crippen LogP contribution in [0.4, 0.5) is 0 Å². The monoisotopic (exact) mass is 321 g/mol. The lowest BCUT2D eigenvalue weighted by atomic mass is 9.91. The van der Waals surface area contributed by atoms with Gasteiger partial charge < -0.3 is 14.5 Å². The minimum atomic E-state index is -1.69. The van der Waals surface area contributed by atoms with E-state index < -0.39 is 8.32 Å². The van der Waals surface area contributed by atoms with Crippen LogP contribution in [0.2, 0.25) is 18.1 Å². The van der Waals surface area contributed by atoms with Crippen molar-refractivity contribution in [2.45, 2.75) is 57.4 Å². The van der Waals surface area contributed by atoms with Crippen LogP contribution >= 0.6 is 0 Å². The van der Waals surface area contributed by atoms with E-state index in [2.05, 4.69) is 63.4 Å². The van der Waals surface area contributed by atoms with Gasteiger partial charge in [-0.1, -0.05) is 45.0 Å². The molecule has 1 aliphatic heterocycles. The van der Waals surface area contributed by atoms with Crippen LogP contribution in [0.3, 0.4) is 0 Å².